The third-order valence-corrected chi connectivity index (χ3v) is 4.12. The Morgan fingerprint density at radius 3 is 1.78 bits per heavy atom. The van der Waals surface area contributed by atoms with Crippen molar-refractivity contribution < 1.29 is 4.79 Å². The van der Waals surface area contributed by atoms with Crippen molar-refractivity contribution in [2.45, 2.75) is 63.7 Å². The fraction of sp³-hybridized carbons (Fsp3) is 0.923. The van der Waals surface area contributed by atoms with Crippen LogP contribution in [0.3, 0.4) is 0 Å². The average Bonchev–Trinajstić information content (AvgIpc) is 3.02. The number of carbonyl (C=O) groups is 1. The maximum atomic E-state index is 11.9. The van der Waals surface area contributed by atoms with Gasteiger partial charge in [-0.2, -0.15) is 0 Å². The van der Waals surface area contributed by atoms with Crippen LogP contribution in [0.4, 0.5) is 4.79 Å². The lowest BCUT2D eigenvalue weighted by Crippen LogP contribution is -2.53. The molecule has 0 aliphatic carbocycles. The molecule has 2 fully saturated rings. The van der Waals surface area contributed by atoms with Gasteiger partial charge in [0.05, 0.1) is 0 Å². The Balaban J connectivity index is 1.70. The molecule has 0 saturated carbocycles. The Bertz CT molecular complexity index is 246. The minimum absolute atomic E-state index is 0.0441. The van der Waals surface area contributed by atoms with Crippen molar-refractivity contribution in [1.29, 1.82) is 0 Å². The average molecular weight is 254 g/mol. The largest absolute Gasteiger partial charge is 0.334 e. The van der Waals surface area contributed by atoms with Crippen LogP contribution in [0.5, 0.6) is 0 Å². The van der Waals surface area contributed by atoms with Crippen LogP contribution in [-0.2, 0) is 0 Å². The van der Waals surface area contributed by atoms with Crippen molar-refractivity contribution in [3.63, 3.8) is 0 Å². The highest BCUT2D eigenvalue weighted by Crippen LogP contribution is 2.10. The molecule has 4 unspecified atom stereocenters. The first-order valence-corrected chi connectivity index (χ1v) is 7.20. The molecule has 5 heteroatoms. The number of nitrogens with one attached hydrogen (secondary N) is 4. The molecule has 2 heterocycles. The van der Waals surface area contributed by atoms with Crippen molar-refractivity contribution in [1.82, 2.24) is 21.3 Å². The second-order valence-electron chi connectivity index (χ2n) is 5.60. The summed E-state index contributed by atoms with van der Waals surface area (Å²) in [6.45, 7) is 6.28. The zero-order valence-corrected chi connectivity index (χ0v) is 11.5. The summed E-state index contributed by atoms with van der Waals surface area (Å²) >= 11 is 0. The Morgan fingerprint density at radius 1 is 1.00 bits per heavy atom. The first kappa shape index (κ1) is 13.6. The Kier molecular flexibility index (Phi) is 4.83. The fourth-order valence-corrected chi connectivity index (χ4v) is 2.93. The standard InChI is InChI=1S/C13H26N4O/c1-9(11-5-3-7-14-11)16-13(18)17-10(2)12-6-4-8-15-12/h9-12,14-15H,3-8H2,1-2H3,(H2,16,17,18). The van der Waals surface area contributed by atoms with Gasteiger partial charge in [0.15, 0.2) is 0 Å². The predicted molar refractivity (Wildman–Crippen MR) is 72.6 cm³/mol. The summed E-state index contributed by atoms with van der Waals surface area (Å²) in [6.07, 6.45) is 4.73. The van der Waals surface area contributed by atoms with E-state index in [9.17, 15) is 4.79 Å². The molecule has 2 amide bonds. The van der Waals surface area contributed by atoms with Crippen molar-refractivity contribution in [3.05, 3.63) is 0 Å². The maximum Gasteiger partial charge on any atom is 0.315 e. The van der Waals surface area contributed by atoms with Gasteiger partial charge >= 0.3 is 6.03 Å². The highest BCUT2D eigenvalue weighted by atomic mass is 16.2. The second-order valence-corrected chi connectivity index (χ2v) is 5.60. The Labute approximate surface area is 109 Å². The number of hydrogen-bond donors (Lipinski definition) is 4. The minimum atomic E-state index is -0.0441. The van der Waals surface area contributed by atoms with Crippen LogP contribution in [0.25, 0.3) is 0 Å². The summed E-state index contributed by atoms with van der Waals surface area (Å²) in [6, 6.07) is 1.19. The maximum absolute atomic E-state index is 11.9. The number of hydrogen-bond acceptors (Lipinski definition) is 3. The summed E-state index contributed by atoms with van der Waals surface area (Å²) in [5, 5.41) is 12.9. The zero-order valence-electron chi connectivity index (χ0n) is 11.5. The topological polar surface area (TPSA) is 65.2 Å². The lowest BCUT2D eigenvalue weighted by Gasteiger charge is -2.25. The van der Waals surface area contributed by atoms with E-state index in [-0.39, 0.29) is 18.1 Å². The van der Waals surface area contributed by atoms with Crippen molar-refractivity contribution in [2.24, 2.45) is 0 Å². The normalized spacial score (nSPS) is 31.0. The summed E-state index contributed by atoms with van der Waals surface area (Å²) in [5.74, 6) is 0. The minimum Gasteiger partial charge on any atom is -0.334 e. The summed E-state index contributed by atoms with van der Waals surface area (Å²) in [7, 11) is 0. The van der Waals surface area contributed by atoms with Gasteiger partial charge in [-0.25, -0.2) is 4.79 Å². The number of carbonyl (C=O) groups excluding carboxylic acids is 1. The van der Waals surface area contributed by atoms with Crippen molar-refractivity contribution in [3.8, 4) is 0 Å². The molecule has 2 saturated heterocycles. The van der Waals surface area contributed by atoms with Gasteiger partial charge in [-0.1, -0.05) is 0 Å². The van der Waals surface area contributed by atoms with E-state index in [0.29, 0.717) is 12.1 Å². The third-order valence-electron chi connectivity index (χ3n) is 4.12. The SMILES string of the molecule is CC(NC(=O)NC(C)C1CCCN1)C1CCCN1. The van der Waals surface area contributed by atoms with E-state index in [2.05, 4.69) is 35.1 Å². The quantitative estimate of drug-likeness (QED) is 0.593. The molecule has 4 N–H and O–H groups in total. The fourth-order valence-electron chi connectivity index (χ4n) is 2.93. The molecule has 2 aliphatic rings. The number of urea groups is 1. The van der Waals surface area contributed by atoms with Gasteiger partial charge < -0.3 is 21.3 Å². The second kappa shape index (κ2) is 6.38. The highest BCUT2D eigenvalue weighted by Gasteiger charge is 2.25. The summed E-state index contributed by atoms with van der Waals surface area (Å²) < 4.78 is 0. The predicted octanol–water partition coefficient (Wildman–Crippen LogP) is 0.567. The molecule has 4 atom stereocenters. The molecule has 2 aliphatic heterocycles. The van der Waals surface area contributed by atoms with Gasteiger partial charge in [-0.3, -0.25) is 0 Å². The summed E-state index contributed by atoms with van der Waals surface area (Å²) in [4.78, 5) is 11.9. The third kappa shape index (κ3) is 3.59. The first-order chi connectivity index (χ1) is 8.66. The molecule has 0 aromatic carbocycles. The molecule has 0 radical (unpaired) electrons. The highest BCUT2D eigenvalue weighted by molar-refractivity contribution is 5.74. The van der Waals surface area contributed by atoms with Gasteiger partial charge in [-0.15, -0.1) is 0 Å². The van der Waals surface area contributed by atoms with E-state index in [1.54, 1.807) is 0 Å². The molecule has 0 aromatic rings. The van der Waals surface area contributed by atoms with Crippen LogP contribution in [0.15, 0.2) is 0 Å². The summed E-state index contributed by atoms with van der Waals surface area (Å²) in [5.41, 5.74) is 0. The van der Waals surface area contributed by atoms with Gasteiger partial charge in [0, 0.05) is 24.2 Å². The lowest BCUT2D eigenvalue weighted by atomic mass is 10.1. The van der Waals surface area contributed by atoms with Crippen LogP contribution >= 0.6 is 0 Å². The molecule has 2 rings (SSSR count). The van der Waals surface area contributed by atoms with Gasteiger partial charge in [0.2, 0.25) is 0 Å². The molecular formula is C13H26N4O. The molecular weight excluding hydrogens is 228 g/mol. The van der Waals surface area contributed by atoms with E-state index in [1.807, 2.05) is 0 Å². The van der Waals surface area contributed by atoms with Gasteiger partial charge in [0.25, 0.3) is 0 Å². The van der Waals surface area contributed by atoms with E-state index < -0.39 is 0 Å². The molecule has 0 aromatic heterocycles. The van der Waals surface area contributed by atoms with E-state index in [4.69, 9.17) is 0 Å². The molecule has 5 nitrogen and oxygen atoms in total. The van der Waals surface area contributed by atoms with Gasteiger partial charge in [0.1, 0.15) is 0 Å². The molecule has 0 spiro atoms. The monoisotopic (exact) mass is 254 g/mol. The van der Waals surface area contributed by atoms with Crippen LogP contribution in [-0.4, -0.2) is 43.3 Å². The molecule has 104 valence electrons. The smallest absolute Gasteiger partial charge is 0.315 e. The van der Waals surface area contributed by atoms with E-state index in [1.165, 1.54) is 12.8 Å². The zero-order chi connectivity index (χ0) is 13.0. The number of amides is 2. The first-order valence-electron chi connectivity index (χ1n) is 7.20. The lowest BCUT2D eigenvalue weighted by molar-refractivity contribution is 0.229. The van der Waals surface area contributed by atoms with Crippen LogP contribution in [0.2, 0.25) is 0 Å². The van der Waals surface area contributed by atoms with Gasteiger partial charge in [-0.05, 0) is 52.6 Å². The van der Waals surface area contributed by atoms with Crippen LogP contribution < -0.4 is 21.3 Å². The Hall–Kier alpha value is -0.810. The Morgan fingerprint density at radius 2 is 1.44 bits per heavy atom. The van der Waals surface area contributed by atoms with E-state index in [0.717, 1.165) is 25.9 Å². The van der Waals surface area contributed by atoms with Crippen LogP contribution in [0, 0.1) is 0 Å². The van der Waals surface area contributed by atoms with Crippen LogP contribution in [0.1, 0.15) is 39.5 Å². The van der Waals surface area contributed by atoms with Crippen molar-refractivity contribution in [2.75, 3.05) is 13.1 Å². The van der Waals surface area contributed by atoms with E-state index >= 15 is 0 Å². The number of rotatable bonds is 4. The van der Waals surface area contributed by atoms with Crippen molar-refractivity contribution >= 4 is 6.03 Å². The molecule has 0 bridgehead atoms. The molecule has 18 heavy (non-hydrogen) atoms.